The van der Waals surface area contributed by atoms with Crippen molar-refractivity contribution in [1.82, 2.24) is 15.5 Å². The molecule has 1 rings (SSSR count). The van der Waals surface area contributed by atoms with E-state index in [-0.39, 0.29) is 5.91 Å². The number of nitrogens with one attached hydrogen (secondary N) is 2. The zero-order chi connectivity index (χ0) is 12.0. The lowest BCUT2D eigenvalue weighted by atomic mass is 10.2. The molecule has 90 valence electrons. The van der Waals surface area contributed by atoms with Crippen molar-refractivity contribution in [3.05, 3.63) is 11.4 Å². The molecule has 0 aromatic carbocycles. The van der Waals surface area contributed by atoms with E-state index in [2.05, 4.69) is 22.4 Å². The number of aryl methyl sites for hydroxylation is 1. The van der Waals surface area contributed by atoms with Gasteiger partial charge in [-0.3, -0.25) is 9.89 Å². The third-order valence-corrected chi connectivity index (χ3v) is 2.52. The third kappa shape index (κ3) is 2.98. The van der Waals surface area contributed by atoms with Crippen molar-refractivity contribution < 1.29 is 4.79 Å². The third-order valence-electron chi connectivity index (χ3n) is 2.52. The van der Waals surface area contributed by atoms with Crippen molar-refractivity contribution in [2.24, 2.45) is 0 Å². The molecule has 0 unspecified atom stereocenters. The minimum absolute atomic E-state index is 0.190. The van der Waals surface area contributed by atoms with Gasteiger partial charge < -0.3 is 11.1 Å². The van der Waals surface area contributed by atoms with Gasteiger partial charge >= 0.3 is 0 Å². The SMILES string of the molecule is CCCCCNC(=O)c1n[nH]c(CC)c1N. The molecule has 1 aromatic rings. The van der Waals surface area contributed by atoms with Crippen LogP contribution in [0.25, 0.3) is 0 Å². The van der Waals surface area contributed by atoms with Gasteiger partial charge in [0.2, 0.25) is 0 Å². The summed E-state index contributed by atoms with van der Waals surface area (Å²) in [5, 5.41) is 9.50. The van der Waals surface area contributed by atoms with Gasteiger partial charge in [0.1, 0.15) is 0 Å². The quantitative estimate of drug-likeness (QED) is 0.640. The molecule has 0 aliphatic carbocycles. The Morgan fingerprint density at radius 3 is 2.75 bits per heavy atom. The highest BCUT2D eigenvalue weighted by Gasteiger charge is 2.15. The van der Waals surface area contributed by atoms with Crippen molar-refractivity contribution >= 4 is 11.6 Å². The Labute approximate surface area is 95.8 Å². The number of unbranched alkanes of at least 4 members (excludes halogenated alkanes) is 2. The highest BCUT2D eigenvalue weighted by Crippen LogP contribution is 2.13. The molecule has 5 nitrogen and oxygen atoms in total. The van der Waals surface area contributed by atoms with Crippen LogP contribution in [0.4, 0.5) is 5.69 Å². The maximum Gasteiger partial charge on any atom is 0.273 e. The molecule has 0 saturated carbocycles. The average molecular weight is 224 g/mol. The van der Waals surface area contributed by atoms with Crippen molar-refractivity contribution in [3.63, 3.8) is 0 Å². The van der Waals surface area contributed by atoms with E-state index in [9.17, 15) is 4.79 Å². The maximum absolute atomic E-state index is 11.7. The Kier molecular flexibility index (Phi) is 4.82. The van der Waals surface area contributed by atoms with Crippen LogP contribution in [0.5, 0.6) is 0 Å². The van der Waals surface area contributed by atoms with Crippen LogP contribution in [0, 0.1) is 0 Å². The van der Waals surface area contributed by atoms with Gasteiger partial charge in [-0.25, -0.2) is 0 Å². The second kappa shape index (κ2) is 6.15. The molecule has 0 saturated heterocycles. The fraction of sp³-hybridized carbons (Fsp3) is 0.636. The minimum atomic E-state index is -0.190. The fourth-order valence-corrected chi connectivity index (χ4v) is 1.49. The number of hydrogen-bond donors (Lipinski definition) is 3. The lowest BCUT2D eigenvalue weighted by molar-refractivity contribution is 0.0949. The van der Waals surface area contributed by atoms with Crippen LogP contribution in [-0.2, 0) is 6.42 Å². The number of aromatic amines is 1. The molecule has 0 fully saturated rings. The molecular formula is C11H20N4O. The number of anilines is 1. The summed E-state index contributed by atoms with van der Waals surface area (Å²) < 4.78 is 0. The summed E-state index contributed by atoms with van der Waals surface area (Å²) in [6.07, 6.45) is 4.01. The first-order chi connectivity index (χ1) is 7.70. The van der Waals surface area contributed by atoms with Crippen molar-refractivity contribution in [2.45, 2.75) is 39.5 Å². The van der Waals surface area contributed by atoms with Crippen molar-refractivity contribution in [3.8, 4) is 0 Å². The van der Waals surface area contributed by atoms with Gasteiger partial charge in [0.15, 0.2) is 5.69 Å². The van der Waals surface area contributed by atoms with Gasteiger partial charge in [-0.05, 0) is 12.8 Å². The molecular weight excluding hydrogens is 204 g/mol. The lowest BCUT2D eigenvalue weighted by Gasteiger charge is -2.02. The van der Waals surface area contributed by atoms with Crippen LogP contribution >= 0.6 is 0 Å². The molecule has 1 amide bonds. The van der Waals surface area contributed by atoms with E-state index in [0.717, 1.165) is 31.4 Å². The summed E-state index contributed by atoms with van der Waals surface area (Å²) in [5.41, 5.74) is 7.39. The Morgan fingerprint density at radius 2 is 2.19 bits per heavy atom. The van der Waals surface area contributed by atoms with Crippen LogP contribution in [-0.4, -0.2) is 22.6 Å². The molecule has 1 aromatic heterocycles. The zero-order valence-electron chi connectivity index (χ0n) is 9.97. The zero-order valence-corrected chi connectivity index (χ0v) is 9.97. The van der Waals surface area contributed by atoms with Gasteiger partial charge in [-0.2, -0.15) is 5.10 Å². The molecule has 16 heavy (non-hydrogen) atoms. The Morgan fingerprint density at radius 1 is 1.44 bits per heavy atom. The Bertz CT molecular complexity index is 346. The molecule has 0 spiro atoms. The summed E-state index contributed by atoms with van der Waals surface area (Å²) in [6, 6.07) is 0. The topological polar surface area (TPSA) is 83.8 Å². The van der Waals surface area contributed by atoms with Crippen LogP contribution < -0.4 is 11.1 Å². The second-order valence-corrected chi connectivity index (χ2v) is 3.78. The molecule has 0 aliphatic heterocycles. The molecule has 1 heterocycles. The van der Waals surface area contributed by atoms with Crippen molar-refractivity contribution in [2.75, 3.05) is 12.3 Å². The number of rotatable bonds is 6. The van der Waals surface area contributed by atoms with E-state index in [1.54, 1.807) is 0 Å². The normalized spacial score (nSPS) is 10.4. The number of amides is 1. The first-order valence-corrected chi connectivity index (χ1v) is 5.81. The second-order valence-electron chi connectivity index (χ2n) is 3.78. The summed E-state index contributed by atoms with van der Waals surface area (Å²) in [6.45, 7) is 4.77. The highest BCUT2D eigenvalue weighted by atomic mass is 16.1. The molecule has 4 N–H and O–H groups in total. The molecule has 0 bridgehead atoms. The fourth-order valence-electron chi connectivity index (χ4n) is 1.49. The van der Waals surface area contributed by atoms with Gasteiger partial charge in [-0.15, -0.1) is 0 Å². The van der Waals surface area contributed by atoms with Crippen molar-refractivity contribution in [1.29, 1.82) is 0 Å². The Hall–Kier alpha value is -1.52. The highest BCUT2D eigenvalue weighted by molar-refractivity contribution is 5.97. The summed E-state index contributed by atoms with van der Waals surface area (Å²) in [5.74, 6) is -0.190. The number of nitrogen functional groups attached to an aromatic ring is 1. The smallest absolute Gasteiger partial charge is 0.273 e. The molecule has 0 aliphatic rings. The average Bonchev–Trinajstić information content (AvgIpc) is 2.65. The number of aromatic nitrogens is 2. The minimum Gasteiger partial charge on any atom is -0.395 e. The monoisotopic (exact) mass is 224 g/mol. The van der Waals surface area contributed by atoms with Gasteiger partial charge in [-0.1, -0.05) is 26.7 Å². The first kappa shape index (κ1) is 12.5. The van der Waals surface area contributed by atoms with Crippen LogP contribution in [0.15, 0.2) is 0 Å². The number of nitrogens with two attached hydrogens (primary N) is 1. The summed E-state index contributed by atoms with van der Waals surface area (Å²) in [4.78, 5) is 11.7. The summed E-state index contributed by atoms with van der Waals surface area (Å²) >= 11 is 0. The van der Waals surface area contributed by atoms with E-state index >= 15 is 0 Å². The number of carbonyl (C=O) groups is 1. The molecule has 0 atom stereocenters. The number of hydrogen-bond acceptors (Lipinski definition) is 3. The van der Waals surface area contributed by atoms with Crippen LogP contribution in [0.3, 0.4) is 0 Å². The number of H-pyrrole nitrogens is 1. The lowest BCUT2D eigenvalue weighted by Crippen LogP contribution is -2.25. The van der Waals surface area contributed by atoms with E-state index < -0.39 is 0 Å². The predicted molar refractivity (Wildman–Crippen MR) is 64.2 cm³/mol. The van der Waals surface area contributed by atoms with E-state index in [4.69, 9.17) is 5.73 Å². The van der Waals surface area contributed by atoms with Gasteiger partial charge in [0.25, 0.3) is 5.91 Å². The maximum atomic E-state index is 11.7. The van der Waals surface area contributed by atoms with Gasteiger partial charge in [0, 0.05) is 6.54 Å². The molecule has 0 radical (unpaired) electrons. The van der Waals surface area contributed by atoms with Crippen LogP contribution in [0.1, 0.15) is 49.3 Å². The predicted octanol–water partition coefficient (Wildman–Crippen LogP) is 1.47. The van der Waals surface area contributed by atoms with E-state index in [0.29, 0.717) is 17.9 Å². The number of carbonyl (C=O) groups excluding carboxylic acids is 1. The Balaban J connectivity index is 2.49. The summed E-state index contributed by atoms with van der Waals surface area (Å²) in [7, 11) is 0. The first-order valence-electron chi connectivity index (χ1n) is 5.81. The van der Waals surface area contributed by atoms with Crippen LogP contribution in [0.2, 0.25) is 0 Å². The molecule has 5 heteroatoms. The number of nitrogens with zero attached hydrogens (tertiary/aromatic N) is 1. The van der Waals surface area contributed by atoms with E-state index in [1.807, 2.05) is 6.92 Å². The standard InChI is InChI=1S/C11H20N4O/c1-3-5-6-7-13-11(16)10-9(12)8(4-2)14-15-10/h3-7,12H2,1-2H3,(H,13,16)(H,14,15). The van der Waals surface area contributed by atoms with E-state index in [1.165, 1.54) is 0 Å². The largest absolute Gasteiger partial charge is 0.395 e. The van der Waals surface area contributed by atoms with Gasteiger partial charge in [0.05, 0.1) is 11.4 Å².